The first-order valence-corrected chi connectivity index (χ1v) is 7.95. The lowest BCUT2D eigenvalue weighted by molar-refractivity contribution is 0.177. The van der Waals surface area contributed by atoms with Crippen molar-refractivity contribution < 1.29 is 0 Å². The topological polar surface area (TPSA) is 27.3 Å². The molecule has 2 unspecified atom stereocenters. The number of rotatable bonds is 4. The Morgan fingerprint density at radius 3 is 2.63 bits per heavy atom. The molecule has 2 N–H and O–H groups in total. The minimum Gasteiger partial charge on any atom is -0.313 e. The molecule has 2 rings (SSSR count). The van der Waals surface area contributed by atoms with Crippen molar-refractivity contribution in [3.8, 4) is 0 Å². The normalized spacial score (nSPS) is 32.7. The van der Waals surface area contributed by atoms with Crippen molar-refractivity contribution in [1.82, 2.24) is 15.5 Å². The van der Waals surface area contributed by atoms with E-state index in [9.17, 15) is 0 Å². The Labute approximate surface area is 119 Å². The lowest BCUT2D eigenvalue weighted by Crippen LogP contribution is -2.53. The molecule has 2 aliphatic rings. The Morgan fingerprint density at radius 1 is 1.32 bits per heavy atom. The fourth-order valence-electron chi connectivity index (χ4n) is 3.67. The largest absolute Gasteiger partial charge is 0.313 e. The SMILES string of the molecule is CN1CCC(C(C)(C)CNC2CCNC(C)(C)C2)C1. The number of nitrogens with one attached hydrogen (secondary N) is 2. The van der Waals surface area contributed by atoms with Gasteiger partial charge in [0.1, 0.15) is 0 Å². The molecule has 2 heterocycles. The highest BCUT2D eigenvalue weighted by atomic mass is 15.1. The molecule has 3 nitrogen and oxygen atoms in total. The second kappa shape index (κ2) is 5.71. The standard InChI is InChI=1S/C16H33N3/c1-15(2,13-7-9-19(5)11-13)12-17-14-6-8-18-16(3,4)10-14/h13-14,17-18H,6-12H2,1-5H3. The molecule has 0 saturated carbocycles. The quantitative estimate of drug-likeness (QED) is 0.817. The molecule has 0 bridgehead atoms. The van der Waals surface area contributed by atoms with Crippen LogP contribution in [0.1, 0.15) is 47.0 Å². The maximum absolute atomic E-state index is 3.85. The van der Waals surface area contributed by atoms with Gasteiger partial charge in [0.2, 0.25) is 0 Å². The van der Waals surface area contributed by atoms with Crippen LogP contribution in [-0.4, -0.2) is 49.7 Å². The Kier molecular flexibility index (Phi) is 4.59. The van der Waals surface area contributed by atoms with Crippen LogP contribution in [0, 0.1) is 11.3 Å². The highest BCUT2D eigenvalue weighted by Gasteiger charge is 2.35. The molecule has 19 heavy (non-hydrogen) atoms. The zero-order valence-corrected chi connectivity index (χ0v) is 13.6. The van der Waals surface area contributed by atoms with Crippen molar-refractivity contribution in [1.29, 1.82) is 0 Å². The monoisotopic (exact) mass is 267 g/mol. The average Bonchev–Trinajstić information content (AvgIpc) is 2.73. The summed E-state index contributed by atoms with van der Waals surface area (Å²) in [6.45, 7) is 14.4. The maximum atomic E-state index is 3.85. The van der Waals surface area contributed by atoms with Gasteiger partial charge in [-0.25, -0.2) is 0 Å². The molecule has 0 amide bonds. The molecule has 3 heteroatoms. The summed E-state index contributed by atoms with van der Waals surface area (Å²) in [6.07, 6.45) is 3.88. The van der Waals surface area contributed by atoms with Crippen molar-refractivity contribution in [3.63, 3.8) is 0 Å². The smallest absolute Gasteiger partial charge is 0.0139 e. The summed E-state index contributed by atoms with van der Waals surface area (Å²) in [4.78, 5) is 2.47. The summed E-state index contributed by atoms with van der Waals surface area (Å²) >= 11 is 0. The molecule has 2 saturated heterocycles. The van der Waals surface area contributed by atoms with Gasteiger partial charge in [-0.1, -0.05) is 13.8 Å². The van der Waals surface area contributed by atoms with Gasteiger partial charge in [0, 0.05) is 24.7 Å². The number of hydrogen-bond acceptors (Lipinski definition) is 3. The molecule has 0 aromatic carbocycles. The van der Waals surface area contributed by atoms with Crippen LogP contribution in [-0.2, 0) is 0 Å². The first-order valence-electron chi connectivity index (χ1n) is 7.95. The average molecular weight is 267 g/mol. The van der Waals surface area contributed by atoms with E-state index < -0.39 is 0 Å². The van der Waals surface area contributed by atoms with Crippen LogP contribution in [0.4, 0.5) is 0 Å². The van der Waals surface area contributed by atoms with Crippen molar-refractivity contribution in [2.45, 2.75) is 58.5 Å². The van der Waals surface area contributed by atoms with Crippen LogP contribution in [0.3, 0.4) is 0 Å². The third-order valence-corrected chi connectivity index (χ3v) is 5.20. The van der Waals surface area contributed by atoms with E-state index in [4.69, 9.17) is 0 Å². The molecule has 0 aliphatic carbocycles. The summed E-state index contributed by atoms with van der Waals surface area (Å²) in [5.41, 5.74) is 0.716. The summed E-state index contributed by atoms with van der Waals surface area (Å²) < 4.78 is 0. The van der Waals surface area contributed by atoms with E-state index in [0.29, 0.717) is 17.0 Å². The van der Waals surface area contributed by atoms with Crippen LogP contribution in [0.5, 0.6) is 0 Å². The van der Waals surface area contributed by atoms with Gasteiger partial charge in [-0.15, -0.1) is 0 Å². The predicted octanol–water partition coefficient (Wildman–Crippen LogP) is 2.08. The Bertz CT molecular complexity index is 298. The van der Waals surface area contributed by atoms with Crippen LogP contribution < -0.4 is 10.6 Å². The van der Waals surface area contributed by atoms with E-state index in [1.807, 2.05) is 0 Å². The maximum Gasteiger partial charge on any atom is 0.0139 e. The number of piperidine rings is 1. The van der Waals surface area contributed by atoms with Gasteiger partial charge in [0.15, 0.2) is 0 Å². The van der Waals surface area contributed by atoms with Gasteiger partial charge in [-0.05, 0) is 64.6 Å². The summed E-state index contributed by atoms with van der Waals surface area (Å²) in [6, 6.07) is 0.689. The first-order chi connectivity index (χ1) is 8.78. The van der Waals surface area contributed by atoms with Crippen LogP contribution in [0.15, 0.2) is 0 Å². The van der Waals surface area contributed by atoms with Crippen LogP contribution in [0.25, 0.3) is 0 Å². The van der Waals surface area contributed by atoms with E-state index >= 15 is 0 Å². The van der Waals surface area contributed by atoms with E-state index in [2.05, 4.69) is 50.3 Å². The molecule has 112 valence electrons. The Balaban J connectivity index is 1.80. The summed E-state index contributed by atoms with van der Waals surface area (Å²) in [7, 11) is 2.25. The minimum absolute atomic E-state index is 0.299. The third-order valence-electron chi connectivity index (χ3n) is 5.20. The first kappa shape index (κ1) is 15.3. The lowest BCUT2D eigenvalue weighted by atomic mass is 9.77. The summed E-state index contributed by atoms with van der Waals surface area (Å²) in [5, 5.41) is 7.45. The highest BCUT2D eigenvalue weighted by molar-refractivity contribution is 4.92. The molecular weight excluding hydrogens is 234 g/mol. The number of nitrogens with zero attached hydrogens (tertiary/aromatic N) is 1. The van der Waals surface area contributed by atoms with Crippen LogP contribution >= 0.6 is 0 Å². The Hall–Kier alpha value is -0.120. The van der Waals surface area contributed by atoms with Gasteiger partial charge in [-0.3, -0.25) is 0 Å². The van der Waals surface area contributed by atoms with Gasteiger partial charge < -0.3 is 15.5 Å². The van der Waals surface area contributed by atoms with Crippen molar-refractivity contribution >= 4 is 0 Å². The van der Waals surface area contributed by atoms with Crippen molar-refractivity contribution in [3.05, 3.63) is 0 Å². The molecule has 0 aromatic rings. The molecule has 0 spiro atoms. The zero-order valence-electron chi connectivity index (χ0n) is 13.6. The van der Waals surface area contributed by atoms with Crippen LogP contribution in [0.2, 0.25) is 0 Å². The lowest BCUT2D eigenvalue weighted by Gasteiger charge is -2.39. The van der Waals surface area contributed by atoms with E-state index in [0.717, 1.165) is 19.0 Å². The summed E-state index contributed by atoms with van der Waals surface area (Å²) in [5.74, 6) is 0.847. The minimum atomic E-state index is 0.299. The van der Waals surface area contributed by atoms with Gasteiger partial charge >= 0.3 is 0 Å². The van der Waals surface area contributed by atoms with Gasteiger partial charge in [0.05, 0.1) is 0 Å². The number of hydrogen-bond donors (Lipinski definition) is 2. The number of likely N-dealkylation sites (tertiary alicyclic amines) is 1. The third kappa shape index (κ3) is 4.17. The molecule has 2 atom stereocenters. The van der Waals surface area contributed by atoms with Gasteiger partial charge in [0.25, 0.3) is 0 Å². The Morgan fingerprint density at radius 2 is 2.05 bits per heavy atom. The zero-order chi connectivity index (χ0) is 14.1. The fraction of sp³-hybridized carbons (Fsp3) is 1.00. The van der Waals surface area contributed by atoms with Gasteiger partial charge in [-0.2, -0.15) is 0 Å². The molecule has 2 fully saturated rings. The molecule has 0 aromatic heterocycles. The fourth-order valence-corrected chi connectivity index (χ4v) is 3.67. The van der Waals surface area contributed by atoms with E-state index in [1.54, 1.807) is 0 Å². The van der Waals surface area contributed by atoms with Crippen molar-refractivity contribution in [2.75, 3.05) is 33.2 Å². The molecule has 2 aliphatic heterocycles. The van der Waals surface area contributed by atoms with E-state index in [1.165, 1.54) is 32.4 Å². The molecular formula is C16H33N3. The highest BCUT2D eigenvalue weighted by Crippen LogP contribution is 2.33. The van der Waals surface area contributed by atoms with E-state index in [-0.39, 0.29) is 0 Å². The molecule has 0 radical (unpaired) electrons. The van der Waals surface area contributed by atoms with Crippen molar-refractivity contribution in [2.24, 2.45) is 11.3 Å². The predicted molar refractivity (Wildman–Crippen MR) is 82.5 cm³/mol. The second-order valence-electron chi connectivity index (χ2n) is 8.12. The second-order valence-corrected chi connectivity index (χ2v) is 8.12.